The summed E-state index contributed by atoms with van der Waals surface area (Å²) in [6.45, 7) is 3.94. The van der Waals surface area contributed by atoms with Crippen LogP contribution < -0.4 is 15.0 Å². The van der Waals surface area contributed by atoms with Crippen molar-refractivity contribution in [2.45, 2.75) is 18.7 Å². The van der Waals surface area contributed by atoms with Crippen molar-refractivity contribution in [3.63, 3.8) is 0 Å². The van der Waals surface area contributed by atoms with Crippen molar-refractivity contribution in [3.05, 3.63) is 93.5 Å². The fourth-order valence-corrected chi connectivity index (χ4v) is 4.36. The van der Waals surface area contributed by atoms with E-state index in [1.807, 2.05) is 44.2 Å². The van der Waals surface area contributed by atoms with Gasteiger partial charge < -0.3 is 10.1 Å². The molecular formula is C25H21ClN2O3S. The molecule has 0 aliphatic carbocycles. The van der Waals surface area contributed by atoms with Gasteiger partial charge in [-0.15, -0.1) is 0 Å². The molecule has 0 fully saturated rings. The molecule has 3 aromatic carbocycles. The van der Waals surface area contributed by atoms with Gasteiger partial charge in [-0.1, -0.05) is 35.5 Å². The Morgan fingerprint density at radius 2 is 1.59 bits per heavy atom. The number of aryl methyl sites for hydroxylation is 2. The highest BCUT2D eigenvalue weighted by Crippen LogP contribution is 2.38. The molecule has 1 heterocycles. The first-order chi connectivity index (χ1) is 15.4. The molecule has 0 aromatic heterocycles. The zero-order chi connectivity index (χ0) is 22.8. The van der Waals surface area contributed by atoms with Crippen LogP contribution in [0.2, 0.25) is 5.02 Å². The molecule has 3 aromatic rings. The van der Waals surface area contributed by atoms with Crippen LogP contribution in [0.5, 0.6) is 5.75 Å². The molecule has 2 amide bonds. The van der Waals surface area contributed by atoms with Crippen LogP contribution in [0.3, 0.4) is 0 Å². The van der Waals surface area contributed by atoms with Crippen molar-refractivity contribution in [2.75, 3.05) is 17.3 Å². The summed E-state index contributed by atoms with van der Waals surface area (Å²) in [6, 6.07) is 19.9. The summed E-state index contributed by atoms with van der Waals surface area (Å²) in [5.74, 6) is -0.143. The number of carbonyl (C=O) groups excluding carboxylic acids is 2. The van der Waals surface area contributed by atoms with Gasteiger partial charge in [-0.05, 0) is 79.6 Å². The Kier molecular flexibility index (Phi) is 6.26. The predicted molar refractivity (Wildman–Crippen MR) is 129 cm³/mol. The minimum absolute atomic E-state index is 0.250. The maximum Gasteiger partial charge on any atom is 0.283 e. The Morgan fingerprint density at radius 3 is 2.25 bits per heavy atom. The van der Waals surface area contributed by atoms with Crippen LogP contribution in [0.1, 0.15) is 11.1 Å². The second-order valence-corrected chi connectivity index (χ2v) is 8.87. The van der Waals surface area contributed by atoms with Crippen molar-refractivity contribution in [1.29, 1.82) is 0 Å². The lowest BCUT2D eigenvalue weighted by atomic mass is 10.1. The monoisotopic (exact) mass is 464 g/mol. The zero-order valence-electron chi connectivity index (χ0n) is 17.8. The van der Waals surface area contributed by atoms with Gasteiger partial charge in [0.15, 0.2) is 0 Å². The number of halogens is 1. The van der Waals surface area contributed by atoms with Crippen LogP contribution in [-0.4, -0.2) is 18.9 Å². The van der Waals surface area contributed by atoms with Gasteiger partial charge in [0.25, 0.3) is 11.8 Å². The first-order valence-corrected chi connectivity index (χ1v) is 11.1. The number of imide groups is 1. The second kappa shape index (κ2) is 9.10. The van der Waals surface area contributed by atoms with Gasteiger partial charge in [0.05, 0.1) is 12.8 Å². The van der Waals surface area contributed by atoms with Gasteiger partial charge in [0, 0.05) is 15.6 Å². The third kappa shape index (κ3) is 4.38. The lowest BCUT2D eigenvalue weighted by molar-refractivity contribution is -0.120. The summed E-state index contributed by atoms with van der Waals surface area (Å²) >= 11 is 7.24. The summed E-state index contributed by atoms with van der Waals surface area (Å²) in [5, 5.41) is 3.83. The first kappa shape index (κ1) is 22.0. The van der Waals surface area contributed by atoms with Gasteiger partial charge in [0.2, 0.25) is 0 Å². The Labute approximate surface area is 196 Å². The van der Waals surface area contributed by atoms with Crippen LogP contribution in [0.15, 0.2) is 82.2 Å². The summed E-state index contributed by atoms with van der Waals surface area (Å²) in [7, 11) is 1.57. The van der Waals surface area contributed by atoms with E-state index in [-0.39, 0.29) is 11.6 Å². The lowest BCUT2D eigenvalue weighted by Crippen LogP contribution is -2.32. The molecule has 1 aliphatic heterocycles. The largest absolute Gasteiger partial charge is 0.497 e. The van der Waals surface area contributed by atoms with Crippen LogP contribution in [0.4, 0.5) is 11.4 Å². The molecule has 4 rings (SSSR count). The van der Waals surface area contributed by atoms with Crippen molar-refractivity contribution < 1.29 is 14.3 Å². The molecule has 32 heavy (non-hydrogen) atoms. The quantitative estimate of drug-likeness (QED) is 0.456. The molecule has 7 heteroatoms. The second-order valence-electron chi connectivity index (χ2n) is 7.35. The number of nitrogens with zero attached hydrogens (tertiary/aromatic N) is 1. The maximum atomic E-state index is 13.4. The van der Waals surface area contributed by atoms with Crippen LogP contribution in [-0.2, 0) is 9.59 Å². The topological polar surface area (TPSA) is 58.6 Å². The number of carbonyl (C=O) groups is 2. The van der Waals surface area contributed by atoms with Crippen LogP contribution in [0, 0.1) is 13.8 Å². The minimum atomic E-state index is -0.405. The van der Waals surface area contributed by atoms with Crippen molar-refractivity contribution in [1.82, 2.24) is 0 Å². The molecule has 1 aliphatic rings. The molecule has 0 saturated heterocycles. The van der Waals surface area contributed by atoms with E-state index in [1.165, 1.54) is 16.7 Å². The number of thioether (sulfide) groups is 1. The normalized spacial score (nSPS) is 13.7. The summed E-state index contributed by atoms with van der Waals surface area (Å²) in [4.78, 5) is 29.2. The van der Waals surface area contributed by atoms with Gasteiger partial charge in [-0.25, -0.2) is 4.90 Å². The molecule has 0 unspecified atom stereocenters. The van der Waals surface area contributed by atoms with Crippen molar-refractivity contribution in [3.8, 4) is 5.75 Å². The lowest BCUT2D eigenvalue weighted by Gasteiger charge is -2.16. The Bertz CT molecular complexity index is 1220. The summed E-state index contributed by atoms with van der Waals surface area (Å²) in [6.07, 6.45) is 0. The van der Waals surface area contributed by atoms with Crippen LogP contribution in [0.25, 0.3) is 0 Å². The number of ether oxygens (including phenoxy) is 1. The molecular weight excluding hydrogens is 444 g/mol. The van der Waals surface area contributed by atoms with Gasteiger partial charge in [0.1, 0.15) is 16.4 Å². The van der Waals surface area contributed by atoms with Crippen LogP contribution >= 0.6 is 23.4 Å². The SMILES string of the molecule is COc1ccc(N2C(=O)C(Nc3cc(C)ccc3C)=C(Sc3ccc(Cl)cc3)C2=O)cc1. The number of anilines is 2. The number of nitrogens with one attached hydrogen (secondary N) is 1. The molecule has 162 valence electrons. The van der Waals surface area contributed by atoms with Gasteiger partial charge in [-0.3, -0.25) is 9.59 Å². The highest BCUT2D eigenvalue weighted by atomic mass is 35.5. The van der Waals surface area contributed by atoms with Gasteiger partial charge >= 0.3 is 0 Å². The van der Waals surface area contributed by atoms with E-state index < -0.39 is 5.91 Å². The highest BCUT2D eigenvalue weighted by Gasteiger charge is 2.40. The van der Waals surface area contributed by atoms with E-state index >= 15 is 0 Å². The molecule has 0 saturated carbocycles. The molecule has 0 bridgehead atoms. The molecule has 0 atom stereocenters. The molecule has 1 N–H and O–H groups in total. The number of rotatable bonds is 6. The van der Waals surface area contributed by atoms with E-state index in [4.69, 9.17) is 16.3 Å². The van der Waals surface area contributed by atoms with E-state index in [9.17, 15) is 9.59 Å². The number of benzene rings is 3. The minimum Gasteiger partial charge on any atom is -0.497 e. The first-order valence-electron chi connectivity index (χ1n) is 9.92. The summed E-state index contributed by atoms with van der Waals surface area (Å²) in [5.41, 5.74) is 3.54. The maximum absolute atomic E-state index is 13.4. The van der Waals surface area contributed by atoms with Gasteiger partial charge in [-0.2, -0.15) is 0 Å². The molecule has 5 nitrogen and oxygen atoms in total. The summed E-state index contributed by atoms with van der Waals surface area (Å²) < 4.78 is 5.19. The average Bonchev–Trinajstić information content (AvgIpc) is 3.01. The fraction of sp³-hybridized carbons (Fsp3) is 0.120. The van der Waals surface area contributed by atoms with Crippen molar-refractivity contribution in [2.24, 2.45) is 0 Å². The Morgan fingerprint density at radius 1 is 0.906 bits per heavy atom. The predicted octanol–water partition coefficient (Wildman–Crippen LogP) is 5.95. The molecule has 0 spiro atoms. The molecule has 0 radical (unpaired) electrons. The van der Waals surface area contributed by atoms with E-state index in [0.29, 0.717) is 21.4 Å². The number of methoxy groups -OCH3 is 1. The number of hydrogen-bond acceptors (Lipinski definition) is 5. The number of amides is 2. The van der Waals surface area contributed by atoms with E-state index in [0.717, 1.165) is 21.7 Å². The fourth-order valence-electron chi connectivity index (χ4n) is 3.31. The Hall–Kier alpha value is -3.22. The van der Waals surface area contributed by atoms with E-state index in [1.54, 1.807) is 43.5 Å². The average molecular weight is 465 g/mol. The Balaban J connectivity index is 1.75. The zero-order valence-corrected chi connectivity index (χ0v) is 19.4. The van der Waals surface area contributed by atoms with Crippen molar-refractivity contribution >= 4 is 46.6 Å². The third-order valence-electron chi connectivity index (χ3n) is 5.06. The van der Waals surface area contributed by atoms with E-state index in [2.05, 4.69) is 5.32 Å². The standard InChI is InChI=1S/C25H21ClN2O3S/c1-15-4-5-16(2)21(14-15)27-22-23(32-20-12-6-17(26)7-13-20)25(30)28(24(22)29)18-8-10-19(31-3)11-9-18/h4-14,27H,1-3H3. The third-order valence-corrected chi connectivity index (χ3v) is 6.40. The smallest absolute Gasteiger partial charge is 0.283 e. The number of hydrogen-bond donors (Lipinski definition) is 1. The highest BCUT2D eigenvalue weighted by molar-refractivity contribution is 8.04.